The van der Waals surface area contributed by atoms with E-state index in [0.29, 0.717) is 11.4 Å². The van der Waals surface area contributed by atoms with Crippen LogP contribution in [0.5, 0.6) is 0 Å². The van der Waals surface area contributed by atoms with Crippen LogP contribution < -0.4 is 11.5 Å². The minimum absolute atomic E-state index is 0.468. The molecule has 0 saturated heterocycles. The summed E-state index contributed by atoms with van der Waals surface area (Å²) >= 11 is 0. The van der Waals surface area contributed by atoms with Crippen LogP contribution in [-0.4, -0.2) is 0 Å². The molecular weight excluding hydrogens is 214 g/mol. The van der Waals surface area contributed by atoms with Crippen LogP contribution in [0.3, 0.4) is 0 Å². The Hall–Kier alpha value is -2.36. The zero-order chi connectivity index (χ0) is 12.0. The van der Waals surface area contributed by atoms with Crippen LogP contribution in [0, 0.1) is 4.91 Å². The van der Waals surface area contributed by atoms with E-state index in [1.54, 1.807) is 6.07 Å². The van der Waals surface area contributed by atoms with Gasteiger partial charge in [-0.25, -0.2) is 0 Å². The number of nitrogen functional groups attached to an aromatic ring is 2. The molecule has 0 amide bonds. The lowest BCUT2D eigenvalue weighted by atomic mass is 10.0. The second-order valence-corrected chi connectivity index (χ2v) is 4.16. The number of hydrogen-bond donors (Lipinski definition) is 2. The lowest BCUT2D eigenvalue weighted by Crippen LogP contribution is -1.97. The lowest BCUT2D eigenvalue weighted by molar-refractivity contribution is 0.892. The largest absolute Gasteiger partial charge is 0.397 e. The SMILES string of the molecule is Nc1cc2c(cc1N)C(N=O)c1ccccc1-2. The molecule has 1 unspecified atom stereocenters. The van der Waals surface area contributed by atoms with Gasteiger partial charge in [0.15, 0.2) is 0 Å². The quantitative estimate of drug-likeness (QED) is 0.578. The van der Waals surface area contributed by atoms with Crippen LogP contribution in [0.25, 0.3) is 11.1 Å². The predicted molar refractivity (Wildman–Crippen MR) is 68.3 cm³/mol. The molecule has 0 radical (unpaired) electrons. The fourth-order valence-corrected chi connectivity index (χ4v) is 2.37. The summed E-state index contributed by atoms with van der Waals surface area (Å²) in [7, 11) is 0. The molecule has 0 heterocycles. The van der Waals surface area contributed by atoms with Gasteiger partial charge in [0, 0.05) is 0 Å². The Morgan fingerprint density at radius 2 is 1.65 bits per heavy atom. The third-order valence-corrected chi connectivity index (χ3v) is 3.20. The van der Waals surface area contributed by atoms with E-state index in [-0.39, 0.29) is 0 Å². The summed E-state index contributed by atoms with van der Waals surface area (Å²) in [5, 5.41) is 3.19. The molecule has 17 heavy (non-hydrogen) atoms. The number of nitroso groups, excluding NO2 is 1. The third-order valence-electron chi connectivity index (χ3n) is 3.20. The molecule has 4 N–H and O–H groups in total. The maximum absolute atomic E-state index is 11.0. The van der Waals surface area contributed by atoms with Crippen LogP contribution in [0.1, 0.15) is 17.2 Å². The van der Waals surface area contributed by atoms with Crippen LogP contribution in [0.2, 0.25) is 0 Å². The van der Waals surface area contributed by atoms with Crippen molar-refractivity contribution in [3.63, 3.8) is 0 Å². The number of fused-ring (bicyclic) bond motifs is 3. The molecule has 0 saturated carbocycles. The number of nitrogens with zero attached hydrogens (tertiary/aromatic N) is 1. The molecule has 2 aromatic carbocycles. The van der Waals surface area contributed by atoms with E-state index in [9.17, 15) is 4.91 Å². The lowest BCUT2D eigenvalue weighted by Gasteiger charge is -2.06. The molecular formula is C13H11N3O. The summed E-state index contributed by atoms with van der Waals surface area (Å²) in [5.74, 6) is 0. The molecule has 84 valence electrons. The van der Waals surface area contributed by atoms with E-state index in [4.69, 9.17) is 11.5 Å². The first kappa shape index (κ1) is 9.84. The van der Waals surface area contributed by atoms with E-state index >= 15 is 0 Å². The van der Waals surface area contributed by atoms with E-state index < -0.39 is 6.04 Å². The molecule has 4 heteroatoms. The normalized spacial score (nSPS) is 16.4. The maximum atomic E-state index is 11.0. The Morgan fingerprint density at radius 3 is 2.41 bits per heavy atom. The second-order valence-electron chi connectivity index (χ2n) is 4.16. The van der Waals surface area contributed by atoms with Gasteiger partial charge in [-0.1, -0.05) is 29.4 Å². The molecule has 0 bridgehead atoms. The molecule has 1 atom stereocenters. The number of anilines is 2. The summed E-state index contributed by atoms with van der Waals surface area (Å²) in [6.07, 6.45) is 0. The van der Waals surface area contributed by atoms with Gasteiger partial charge in [-0.3, -0.25) is 0 Å². The van der Waals surface area contributed by atoms with Crippen molar-refractivity contribution in [1.82, 2.24) is 0 Å². The van der Waals surface area contributed by atoms with E-state index in [0.717, 1.165) is 22.3 Å². The van der Waals surface area contributed by atoms with Crippen LogP contribution in [-0.2, 0) is 0 Å². The van der Waals surface area contributed by atoms with Gasteiger partial charge < -0.3 is 11.5 Å². The van der Waals surface area contributed by atoms with E-state index in [1.165, 1.54) is 0 Å². The summed E-state index contributed by atoms with van der Waals surface area (Å²) < 4.78 is 0. The van der Waals surface area contributed by atoms with E-state index in [1.807, 2.05) is 30.3 Å². The highest BCUT2D eigenvalue weighted by Gasteiger charge is 2.29. The Morgan fingerprint density at radius 1 is 0.941 bits per heavy atom. The summed E-state index contributed by atoms with van der Waals surface area (Å²) in [4.78, 5) is 11.0. The number of hydrogen-bond acceptors (Lipinski definition) is 4. The second kappa shape index (κ2) is 3.31. The first-order valence-corrected chi connectivity index (χ1v) is 5.33. The van der Waals surface area contributed by atoms with Gasteiger partial charge in [0.25, 0.3) is 0 Å². The van der Waals surface area contributed by atoms with Crippen molar-refractivity contribution in [3.05, 3.63) is 52.4 Å². The average Bonchev–Trinajstić information content (AvgIpc) is 2.63. The molecule has 2 aromatic rings. The summed E-state index contributed by atoms with van der Waals surface area (Å²) in [5.41, 5.74) is 16.3. The topological polar surface area (TPSA) is 81.5 Å². The fraction of sp³-hybridized carbons (Fsp3) is 0.0769. The highest BCUT2D eigenvalue weighted by Crippen LogP contribution is 2.47. The monoisotopic (exact) mass is 225 g/mol. The molecule has 0 aliphatic heterocycles. The van der Waals surface area contributed by atoms with Crippen molar-refractivity contribution in [2.45, 2.75) is 6.04 Å². The smallest absolute Gasteiger partial charge is 0.143 e. The third kappa shape index (κ3) is 1.24. The molecule has 1 aliphatic rings. The zero-order valence-corrected chi connectivity index (χ0v) is 9.05. The fourth-order valence-electron chi connectivity index (χ4n) is 2.37. The summed E-state index contributed by atoms with van der Waals surface area (Å²) in [6.45, 7) is 0. The Labute approximate surface area is 98.2 Å². The van der Waals surface area contributed by atoms with Gasteiger partial charge in [-0.15, -0.1) is 4.91 Å². The van der Waals surface area contributed by atoms with Crippen molar-refractivity contribution in [1.29, 1.82) is 0 Å². The molecule has 1 aliphatic carbocycles. The average molecular weight is 225 g/mol. The van der Waals surface area contributed by atoms with Gasteiger partial charge in [0.05, 0.1) is 11.4 Å². The Balaban J connectivity index is 2.35. The first-order chi connectivity index (χ1) is 8.22. The highest BCUT2D eigenvalue weighted by atomic mass is 16.3. The van der Waals surface area contributed by atoms with Gasteiger partial charge in [-0.05, 0) is 34.4 Å². The molecule has 0 aromatic heterocycles. The maximum Gasteiger partial charge on any atom is 0.143 e. The van der Waals surface area contributed by atoms with Crippen molar-refractivity contribution in [2.75, 3.05) is 11.5 Å². The van der Waals surface area contributed by atoms with Gasteiger partial charge in [0.1, 0.15) is 6.04 Å². The van der Waals surface area contributed by atoms with Crippen molar-refractivity contribution >= 4 is 11.4 Å². The Kier molecular flexibility index (Phi) is 1.92. The van der Waals surface area contributed by atoms with E-state index in [2.05, 4.69) is 5.18 Å². The number of nitrogens with two attached hydrogens (primary N) is 2. The van der Waals surface area contributed by atoms with Crippen molar-refractivity contribution in [2.24, 2.45) is 5.18 Å². The molecule has 4 nitrogen and oxygen atoms in total. The van der Waals surface area contributed by atoms with Crippen molar-refractivity contribution in [3.8, 4) is 11.1 Å². The highest BCUT2D eigenvalue weighted by molar-refractivity contribution is 5.84. The minimum atomic E-state index is -0.468. The standard InChI is InChI=1S/C13H11N3O/c14-11-5-9-7-3-1-2-4-8(7)13(16-17)10(9)6-12(11)15/h1-6,13H,14-15H2. The van der Waals surface area contributed by atoms with Gasteiger partial charge >= 0.3 is 0 Å². The van der Waals surface area contributed by atoms with Crippen LogP contribution in [0.4, 0.5) is 11.4 Å². The van der Waals surface area contributed by atoms with Gasteiger partial charge in [0.2, 0.25) is 0 Å². The van der Waals surface area contributed by atoms with Crippen molar-refractivity contribution < 1.29 is 0 Å². The molecule has 3 rings (SSSR count). The number of benzene rings is 2. The minimum Gasteiger partial charge on any atom is -0.397 e. The van der Waals surface area contributed by atoms with Crippen LogP contribution in [0.15, 0.2) is 41.6 Å². The first-order valence-electron chi connectivity index (χ1n) is 5.33. The number of rotatable bonds is 1. The predicted octanol–water partition coefficient (Wildman–Crippen LogP) is 2.69. The van der Waals surface area contributed by atoms with Crippen LogP contribution >= 0.6 is 0 Å². The molecule has 0 fully saturated rings. The molecule has 0 spiro atoms. The van der Waals surface area contributed by atoms with Gasteiger partial charge in [-0.2, -0.15) is 0 Å². The summed E-state index contributed by atoms with van der Waals surface area (Å²) in [6, 6.07) is 10.8. The Bertz CT molecular complexity index is 622. The zero-order valence-electron chi connectivity index (χ0n) is 9.05.